The molecule has 0 saturated heterocycles. The Bertz CT molecular complexity index is 503. The van der Waals surface area contributed by atoms with Crippen molar-refractivity contribution >= 4 is 29.1 Å². The molecule has 1 aromatic carbocycles. The lowest BCUT2D eigenvalue weighted by atomic mass is 10.1. The highest BCUT2D eigenvalue weighted by atomic mass is 35.5. The van der Waals surface area contributed by atoms with Gasteiger partial charge in [-0.3, -0.25) is 9.59 Å². The predicted octanol–water partition coefficient (Wildman–Crippen LogP) is 1.84. The zero-order valence-electron chi connectivity index (χ0n) is 12.2. The first kappa shape index (κ1) is 16.5. The van der Waals surface area contributed by atoms with Crippen molar-refractivity contribution in [3.8, 4) is 0 Å². The summed E-state index contributed by atoms with van der Waals surface area (Å²) < 4.78 is 0. The van der Waals surface area contributed by atoms with Crippen molar-refractivity contribution in [3.05, 3.63) is 28.8 Å². The number of carbonyl (C=O) groups excluding carboxylic acids is 2. The number of halogens is 1. The molecule has 5 nitrogen and oxygen atoms in total. The van der Waals surface area contributed by atoms with Crippen LogP contribution >= 0.6 is 11.6 Å². The Kier molecular flexibility index (Phi) is 5.98. The zero-order chi connectivity index (χ0) is 15.3. The van der Waals surface area contributed by atoms with Crippen LogP contribution in [0.1, 0.15) is 17.3 Å². The van der Waals surface area contributed by atoms with Gasteiger partial charge in [0.25, 0.3) is 5.91 Å². The molecule has 2 N–H and O–H groups in total. The van der Waals surface area contributed by atoms with Gasteiger partial charge < -0.3 is 15.5 Å². The van der Waals surface area contributed by atoms with E-state index in [1.54, 1.807) is 39.3 Å². The van der Waals surface area contributed by atoms with Crippen LogP contribution in [0.3, 0.4) is 0 Å². The maximum Gasteiger partial charge on any atom is 0.254 e. The number of rotatable bonds is 5. The molecule has 0 aliphatic rings. The molecule has 0 saturated carbocycles. The molecule has 0 aliphatic heterocycles. The Labute approximate surface area is 124 Å². The first-order chi connectivity index (χ1) is 9.36. The van der Waals surface area contributed by atoms with Crippen LogP contribution in [0.25, 0.3) is 0 Å². The van der Waals surface area contributed by atoms with Crippen LogP contribution in [0.4, 0.5) is 5.69 Å². The van der Waals surface area contributed by atoms with Crippen molar-refractivity contribution in [1.29, 1.82) is 0 Å². The molecule has 0 aliphatic carbocycles. The lowest BCUT2D eigenvalue weighted by Crippen LogP contribution is -2.28. The number of anilines is 1. The summed E-state index contributed by atoms with van der Waals surface area (Å²) in [4.78, 5) is 25.3. The van der Waals surface area contributed by atoms with Gasteiger partial charge in [0.2, 0.25) is 5.91 Å². The number of nitrogens with one attached hydrogen (secondary N) is 2. The first-order valence-electron chi connectivity index (χ1n) is 6.33. The highest BCUT2D eigenvalue weighted by Crippen LogP contribution is 2.22. The van der Waals surface area contributed by atoms with E-state index in [0.717, 1.165) is 0 Å². The van der Waals surface area contributed by atoms with E-state index in [1.807, 2.05) is 6.92 Å². The largest absolute Gasteiger partial charge is 0.345 e. The highest BCUT2D eigenvalue weighted by molar-refractivity contribution is 6.34. The molecule has 20 heavy (non-hydrogen) atoms. The summed E-state index contributed by atoms with van der Waals surface area (Å²) in [5.41, 5.74) is 0.934. The number of hydrogen-bond donors (Lipinski definition) is 2. The van der Waals surface area contributed by atoms with E-state index in [0.29, 0.717) is 22.8 Å². The number of amides is 2. The van der Waals surface area contributed by atoms with E-state index in [4.69, 9.17) is 11.6 Å². The second-order valence-electron chi connectivity index (χ2n) is 4.84. The van der Waals surface area contributed by atoms with E-state index < -0.39 is 0 Å². The zero-order valence-corrected chi connectivity index (χ0v) is 12.9. The van der Waals surface area contributed by atoms with Crippen LogP contribution < -0.4 is 10.6 Å². The monoisotopic (exact) mass is 297 g/mol. The van der Waals surface area contributed by atoms with E-state index in [-0.39, 0.29) is 17.7 Å². The Morgan fingerprint density at radius 2 is 2.00 bits per heavy atom. The summed E-state index contributed by atoms with van der Waals surface area (Å²) in [6, 6.07) is 4.88. The molecular weight excluding hydrogens is 278 g/mol. The number of benzene rings is 1. The minimum atomic E-state index is -0.200. The van der Waals surface area contributed by atoms with Gasteiger partial charge >= 0.3 is 0 Å². The van der Waals surface area contributed by atoms with Gasteiger partial charge in [0.15, 0.2) is 0 Å². The number of nitrogens with zero attached hydrogens (tertiary/aromatic N) is 1. The predicted molar refractivity (Wildman–Crippen MR) is 81.2 cm³/mol. The van der Waals surface area contributed by atoms with Crippen LogP contribution in [0, 0.1) is 5.92 Å². The van der Waals surface area contributed by atoms with Crippen molar-refractivity contribution in [2.24, 2.45) is 5.92 Å². The van der Waals surface area contributed by atoms with Crippen LogP contribution in [0.15, 0.2) is 18.2 Å². The van der Waals surface area contributed by atoms with Crippen LogP contribution in [0.5, 0.6) is 0 Å². The molecule has 1 aromatic rings. The highest BCUT2D eigenvalue weighted by Gasteiger charge is 2.16. The Morgan fingerprint density at radius 3 is 2.55 bits per heavy atom. The summed E-state index contributed by atoms with van der Waals surface area (Å²) in [7, 11) is 5.09. The van der Waals surface area contributed by atoms with Gasteiger partial charge in [-0.15, -0.1) is 0 Å². The van der Waals surface area contributed by atoms with Crippen LogP contribution in [0.2, 0.25) is 5.02 Å². The van der Waals surface area contributed by atoms with Gasteiger partial charge in [0.1, 0.15) is 0 Å². The lowest BCUT2D eigenvalue weighted by molar-refractivity contribution is -0.119. The van der Waals surface area contributed by atoms with E-state index in [1.165, 1.54) is 4.90 Å². The maximum atomic E-state index is 12.0. The SMILES string of the molecule is CNCC(C)C(=O)Nc1ccc(Cl)c(C(=O)N(C)C)c1. The minimum Gasteiger partial charge on any atom is -0.345 e. The third-order valence-electron chi connectivity index (χ3n) is 2.83. The standard InChI is InChI=1S/C14H20ClN3O2/c1-9(8-16-2)13(19)17-10-5-6-12(15)11(7-10)14(20)18(3)4/h5-7,9,16H,8H2,1-4H3,(H,17,19). The van der Waals surface area contributed by atoms with Crippen molar-refractivity contribution in [3.63, 3.8) is 0 Å². The van der Waals surface area contributed by atoms with E-state index in [9.17, 15) is 9.59 Å². The van der Waals surface area contributed by atoms with Crippen molar-refractivity contribution in [2.75, 3.05) is 33.0 Å². The van der Waals surface area contributed by atoms with E-state index in [2.05, 4.69) is 10.6 Å². The van der Waals surface area contributed by atoms with Crippen LogP contribution in [-0.2, 0) is 4.79 Å². The summed E-state index contributed by atoms with van der Waals surface area (Å²) in [6.45, 7) is 2.41. The van der Waals surface area contributed by atoms with Gasteiger partial charge in [0.05, 0.1) is 10.6 Å². The van der Waals surface area contributed by atoms with Gasteiger partial charge in [-0.1, -0.05) is 18.5 Å². The fraction of sp³-hybridized carbons (Fsp3) is 0.429. The molecule has 2 amide bonds. The second kappa shape index (κ2) is 7.26. The molecule has 6 heteroatoms. The third-order valence-corrected chi connectivity index (χ3v) is 3.16. The minimum absolute atomic E-state index is 0.107. The van der Waals surface area contributed by atoms with Gasteiger partial charge in [-0.05, 0) is 25.2 Å². The molecule has 0 aromatic heterocycles. The summed E-state index contributed by atoms with van der Waals surface area (Å²) in [5, 5.41) is 6.09. The Hall–Kier alpha value is -1.59. The molecule has 0 heterocycles. The molecule has 1 atom stereocenters. The van der Waals surface area contributed by atoms with Crippen molar-refractivity contribution in [1.82, 2.24) is 10.2 Å². The first-order valence-corrected chi connectivity index (χ1v) is 6.71. The van der Waals surface area contributed by atoms with Crippen molar-refractivity contribution < 1.29 is 9.59 Å². The number of hydrogen-bond acceptors (Lipinski definition) is 3. The average Bonchev–Trinajstić information content (AvgIpc) is 2.40. The lowest BCUT2D eigenvalue weighted by Gasteiger charge is -2.15. The molecule has 1 rings (SSSR count). The van der Waals surface area contributed by atoms with Gasteiger partial charge in [-0.25, -0.2) is 0 Å². The van der Waals surface area contributed by atoms with E-state index >= 15 is 0 Å². The van der Waals surface area contributed by atoms with Gasteiger partial charge in [-0.2, -0.15) is 0 Å². The smallest absolute Gasteiger partial charge is 0.254 e. The maximum absolute atomic E-state index is 12.0. The Balaban J connectivity index is 2.90. The second-order valence-corrected chi connectivity index (χ2v) is 5.25. The molecular formula is C14H20ClN3O2. The molecule has 110 valence electrons. The Morgan fingerprint density at radius 1 is 1.35 bits per heavy atom. The average molecular weight is 298 g/mol. The van der Waals surface area contributed by atoms with Gasteiger partial charge in [0, 0.05) is 32.2 Å². The third kappa shape index (κ3) is 4.21. The fourth-order valence-corrected chi connectivity index (χ4v) is 1.87. The molecule has 0 spiro atoms. The molecule has 0 bridgehead atoms. The number of carbonyl (C=O) groups is 2. The molecule has 0 radical (unpaired) electrons. The normalized spacial score (nSPS) is 11.8. The summed E-state index contributed by atoms with van der Waals surface area (Å²) >= 11 is 6.01. The topological polar surface area (TPSA) is 61.4 Å². The van der Waals surface area contributed by atoms with Crippen molar-refractivity contribution in [2.45, 2.75) is 6.92 Å². The fourth-order valence-electron chi connectivity index (χ4n) is 1.67. The quantitative estimate of drug-likeness (QED) is 0.872. The molecule has 1 unspecified atom stereocenters. The summed E-state index contributed by atoms with van der Waals surface area (Å²) in [5.74, 6) is -0.469. The summed E-state index contributed by atoms with van der Waals surface area (Å²) in [6.07, 6.45) is 0. The van der Waals surface area contributed by atoms with Crippen LogP contribution in [-0.4, -0.2) is 44.4 Å². The molecule has 0 fully saturated rings.